The van der Waals surface area contributed by atoms with E-state index in [4.69, 9.17) is 16.3 Å². The molecule has 7 heteroatoms. The third-order valence-corrected chi connectivity index (χ3v) is 3.28. The third kappa shape index (κ3) is 2.31. The van der Waals surface area contributed by atoms with E-state index in [1.165, 1.54) is 13.2 Å². The zero-order valence-electron chi connectivity index (χ0n) is 11.0. The average molecular weight is 310 g/mol. The number of ether oxygens (including phenoxy) is 1. The molecule has 0 amide bonds. The Morgan fingerprint density at radius 2 is 1.95 bits per heavy atom. The van der Waals surface area contributed by atoms with E-state index in [9.17, 15) is 8.78 Å². The highest BCUT2D eigenvalue weighted by Crippen LogP contribution is 2.24. The summed E-state index contributed by atoms with van der Waals surface area (Å²) >= 11 is 5.89. The van der Waals surface area contributed by atoms with Crippen molar-refractivity contribution in [3.05, 3.63) is 47.8 Å². The molecule has 0 saturated heterocycles. The fourth-order valence-corrected chi connectivity index (χ4v) is 2.26. The molecular formula is C14H10ClF2N3O. The van der Waals surface area contributed by atoms with Crippen LogP contribution in [0.1, 0.15) is 5.82 Å². The zero-order chi connectivity index (χ0) is 15.0. The second-order valence-corrected chi connectivity index (χ2v) is 4.56. The minimum absolute atomic E-state index is 0.109. The van der Waals surface area contributed by atoms with Crippen LogP contribution in [0.15, 0.2) is 30.3 Å². The highest BCUT2D eigenvalue weighted by atomic mass is 35.5. The van der Waals surface area contributed by atoms with Gasteiger partial charge in [-0.1, -0.05) is 0 Å². The normalized spacial score (nSPS) is 11.0. The first-order valence-corrected chi connectivity index (χ1v) is 6.61. The standard InChI is InChI=1S/C14H10ClF2N3O/c1-21-13-5-4-11-14(19-13)20(12(7-15)18-11)8-2-3-9(16)10(17)6-8/h2-6H,7H2,1H3. The van der Waals surface area contributed by atoms with Crippen molar-refractivity contribution >= 4 is 22.8 Å². The molecule has 0 spiro atoms. The number of nitrogens with zero attached hydrogens (tertiary/aromatic N) is 3. The Hall–Kier alpha value is -2.21. The van der Waals surface area contributed by atoms with Gasteiger partial charge in [0, 0.05) is 12.1 Å². The number of imidazole rings is 1. The summed E-state index contributed by atoms with van der Waals surface area (Å²) in [4.78, 5) is 8.63. The molecule has 1 aromatic carbocycles. The van der Waals surface area contributed by atoms with E-state index in [-0.39, 0.29) is 5.88 Å². The second kappa shape index (κ2) is 5.29. The minimum atomic E-state index is -0.947. The van der Waals surface area contributed by atoms with Crippen molar-refractivity contribution in [3.63, 3.8) is 0 Å². The first-order valence-electron chi connectivity index (χ1n) is 6.08. The molecule has 0 aliphatic heterocycles. The van der Waals surface area contributed by atoms with Crippen LogP contribution in [0.2, 0.25) is 0 Å². The lowest BCUT2D eigenvalue weighted by Crippen LogP contribution is -2.02. The highest BCUT2D eigenvalue weighted by molar-refractivity contribution is 6.16. The van der Waals surface area contributed by atoms with Gasteiger partial charge in [0.25, 0.3) is 0 Å². The Bertz CT molecular complexity index is 819. The van der Waals surface area contributed by atoms with Crippen LogP contribution in [-0.4, -0.2) is 21.6 Å². The number of rotatable bonds is 3. The van der Waals surface area contributed by atoms with Gasteiger partial charge in [-0.15, -0.1) is 11.6 Å². The first-order chi connectivity index (χ1) is 10.1. The maximum atomic E-state index is 13.5. The molecule has 0 aliphatic carbocycles. The Morgan fingerprint density at radius 3 is 2.62 bits per heavy atom. The van der Waals surface area contributed by atoms with Gasteiger partial charge in [-0.2, -0.15) is 4.98 Å². The lowest BCUT2D eigenvalue weighted by atomic mass is 10.3. The predicted octanol–water partition coefficient (Wildman–Crippen LogP) is 3.45. The fourth-order valence-electron chi connectivity index (χ4n) is 2.09. The van der Waals surface area contributed by atoms with Crippen molar-refractivity contribution in [2.75, 3.05) is 7.11 Å². The van der Waals surface area contributed by atoms with Crippen molar-refractivity contribution in [3.8, 4) is 11.6 Å². The van der Waals surface area contributed by atoms with Gasteiger partial charge in [-0.05, 0) is 18.2 Å². The molecule has 0 radical (unpaired) electrons. The number of alkyl halides is 1. The molecule has 0 fully saturated rings. The minimum Gasteiger partial charge on any atom is -0.481 e. The molecular weight excluding hydrogens is 300 g/mol. The molecule has 3 aromatic rings. The SMILES string of the molecule is COc1ccc2nc(CCl)n(-c3ccc(F)c(F)c3)c2n1. The van der Waals surface area contributed by atoms with Crippen LogP contribution < -0.4 is 4.74 Å². The van der Waals surface area contributed by atoms with Crippen LogP contribution in [-0.2, 0) is 5.88 Å². The second-order valence-electron chi connectivity index (χ2n) is 4.29. The van der Waals surface area contributed by atoms with Gasteiger partial charge in [0.1, 0.15) is 11.3 Å². The van der Waals surface area contributed by atoms with E-state index < -0.39 is 11.6 Å². The van der Waals surface area contributed by atoms with Crippen LogP contribution in [0.4, 0.5) is 8.78 Å². The Balaban J connectivity index is 2.30. The van der Waals surface area contributed by atoms with Gasteiger partial charge in [0.2, 0.25) is 5.88 Å². The maximum absolute atomic E-state index is 13.5. The van der Waals surface area contributed by atoms with E-state index >= 15 is 0 Å². The molecule has 2 aromatic heterocycles. The van der Waals surface area contributed by atoms with Gasteiger partial charge in [0.15, 0.2) is 17.3 Å². The van der Waals surface area contributed by atoms with Crippen LogP contribution >= 0.6 is 11.6 Å². The molecule has 0 N–H and O–H groups in total. The smallest absolute Gasteiger partial charge is 0.215 e. The number of hydrogen-bond acceptors (Lipinski definition) is 3. The Labute approximate surface area is 124 Å². The first kappa shape index (κ1) is 13.8. The molecule has 0 saturated carbocycles. The summed E-state index contributed by atoms with van der Waals surface area (Å²) in [6, 6.07) is 6.97. The van der Waals surface area contributed by atoms with Gasteiger partial charge in [-0.25, -0.2) is 13.8 Å². The zero-order valence-corrected chi connectivity index (χ0v) is 11.7. The van der Waals surface area contributed by atoms with Crippen LogP contribution in [0, 0.1) is 11.6 Å². The molecule has 2 heterocycles. The monoisotopic (exact) mass is 309 g/mol. The fraction of sp³-hybridized carbons (Fsp3) is 0.143. The molecule has 0 atom stereocenters. The number of aromatic nitrogens is 3. The molecule has 108 valence electrons. The summed E-state index contributed by atoms with van der Waals surface area (Å²) in [6.45, 7) is 0. The van der Waals surface area contributed by atoms with Crippen molar-refractivity contribution in [1.29, 1.82) is 0 Å². The van der Waals surface area contributed by atoms with E-state index in [0.717, 1.165) is 12.1 Å². The quantitative estimate of drug-likeness (QED) is 0.696. The van der Waals surface area contributed by atoms with Crippen molar-refractivity contribution in [2.24, 2.45) is 0 Å². The van der Waals surface area contributed by atoms with Crippen molar-refractivity contribution in [1.82, 2.24) is 14.5 Å². The number of halogens is 3. The molecule has 4 nitrogen and oxygen atoms in total. The highest BCUT2D eigenvalue weighted by Gasteiger charge is 2.15. The largest absolute Gasteiger partial charge is 0.481 e. The van der Waals surface area contributed by atoms with Gasteiger partial charge in [0.05, 0.1) is 18.7 Å². The van der Waals surface area contributed by atoms with Crippen molar-refractivity contribution in [2.45, 2.75) is 5.88 Å². The predicted molar refractivity (Wildman–Crippen MR) is 74.9 cm³/mol. The number of hydrogen-bond donors (Lipinski definition) is 0. The summed E-state index contributed by atoms with van der Waals surface area (Å²) in [5.41, 5.74) is 1.46. The number of benzene rings is 1. The van der Waals surface area contributed by atoms with Gasteiger partial charge < -0.3 is 4.74 Å². The van der Waals surface area contributed by atoms with E-state index in [0.29, 0.717) is 28.6 Å². The van der Waals surface area contributed by atoms with E-state index in [1.807, 2.05) is 0 Å². The average Bonchev–Trinajstić information content (AvgIpc) is 2.87. The molecule has 0 bridgehead atoms. The maximum Gasteiger partial charge on any atom is 0.215 e. The lowest BCUT2D eigenvalue weighted by Gasteiger charge is -2.08. The van der Waals surface area contributed by atoms with E-state index in [1.54, 1.807) is 16.7 Å². The number of fused-ring (bicyclic) bond motifs is 1. The van der Waals surface area contributed by atoms with Crippen LogP contribution in [0.3, 0.4) is 0 Å². The van der Waals surface area contributed by atoms with Crippen molar-refractivity contribution < 1.29 is 13.5 Å². The summed E-state index contributed by atoms with van der Waals surface area (Å²) in [6.07, 6.45) is 0. The van der Waals surface area contributed by atoms with E-state index in [2.05, 4.69) is 9.97 Å². The third-order valence-electron chi connectivity index (χ3n) is 3.04. The topological polar surface area (TPSA) is 39.9 Å². The number of methoxy groups -OCH3 is 1. The summed E-state index contributed by atoms with van der Waals surface area (Å²) in [5.74, 6) is -0.873. The molecule has 3 rings (SSSR count). The number of pyridine rings is 1. The Kier molecular flexibility index (Phi) is 3.47. The molecule has 0 aliphatic rings. The van der Waals surface area contributed by atoms with Gasteiger partial charge >= 0.3 is 0 Å². The van der Waals surface area contributed by atoms with Gasteiger partial charge in [-0.3, -0.25) is 4.57 Å². The summed E-state index contributed by atoms with van der Waals surface area (Å²) in [7, 11) is 1.49. The molecule has 0 unspecified atom stereocenters. The summed E-state index contributed by atoms with van der Waals surface area (Å²) < 4.78 is 33.2. The van der Waals surface area contributed by atoms with Crippen LogP contribution in [0.5, 0.6) is 5.88 Å². The summed E-state index contributed by atoms with van der Waals surface area (Å²) in [5, 5.41) is 0. The van der Waals surface area contributed by atoms with Crippen LogP contribution in [0.25, 0.3) is 16.9 Å². The molecule has 21 heavy (non-hydrogen) atoms. The Morgan fingerprint density at radius 1 is 1.14 bits per heavy atom. The lowest BCUT2D eigenvalue weighted by molar-refractivity contribution is 0.399.